The Morgan fingerprint density at radius 1 is 1.09 bits per heavy atom. The third-order valence-corrected chi connectivity index (χ3v) is 7.15. The van der Waals surface area contributed by atoms with Crippen molar-refractivity contribution in [2.24, 2.45) is 5.92 Å². The topological polar surface area (TPSA) is 126 Å². The highest BCUT2D eigenvalue weighted by Gasteiger charge is 2.38. The van der Waals surface area contributed by atoms with Gasteiger partial charge in [0.15, 0.2) is 0 Å². The maximum atomic E-state index is 13.0. The van der Waals surface area contributed by atoms with Gasteiger partial charge in [0, 0.05) is 31.2 Å². The van der Waals surface area contributed by atoms with E-state index in [4.69, 9.17) is 5.11 Å². The van der Waals surface area contributed by atoms with Crippen molar-refractivity contribution < 1.29 is 36.3 Å². The molecule has 2 aromatic rings. The lowest BCUT2D eigenvalue weighted by molar-refractivity contribution is -0.157. The maximum Gasteiger partial charge on any atom is 0.416 e. The lowest BCUT2D eigenvalue weighted by Gasteiger charge is -2.42. The molecule has 2 atom stereocenters. The van der Waals surface area contributed by atoms with Gasteiger partial charge < -0.3 is 14.6 Å². The van der Waals surface area contributed by atoms with Crippen molar-refractivity contribution in [1.29, 1.82) is 0 Å². The summed E-state index contributed by atoms with van der Waals surface area (Å²) in [6.07, 6.45) is -4.09. The van der Waals surface area contributed by atoms with Crippen LogP contribution in [0.25, 0.3) is 0 Å². The third kappa shape index (κ3) is 4.32. The zero-order valence-electron chi connectivity index (χ0n) is 16.9. The number of aromatic nitrogens is 1. The molecule has 2 N–H and O–H groups in total. The number of carboxylic acid groups (broad SMARTS) is 1. The highest BCUT2D eigenvalue weighted by Crippen LogP contribution is 2.36. The standard InChI is InChI=1S/C20H18F3N3O6S/c21-20(22,23)13-2-1-3-14(7-13)33(31,32)24-15-4-5-16-12-6-11(9-26(16)17(15)27)8-25(10-12)18(28)19(29)30/h1-5,7,11-12,24H,6,8-10H2,(H,29,30). The number of nitrogens with zero attached hydrogens (tertiary/aromatic N) is 2. The predicted octanol–water partition coefficient (Wildman–Crippen LogP) is 1.70. The molecule has 1 amide bonds. The molecule has 1 aromatic heterocycles. The lowest BCUT2D eigenvalue weighted by atomic mass is 9.83. The average molecular weight is 485 g/mol. The Morgan fingerprint density at radius 2 is 1.82 bits per heavy atom. The number of anilines is 1. The highest BCUT2D eigenvalue weighted by atomic mass is 32.2. The molecule has 0 aliphatic carbocycles. The molecule has 176 valence electrons. The van der Waals surface area contributed by atoms with Gasteiger partial charge >= 0.3 is 18.1 Å². The van der Waals surface area contributed by atoms with Crippen LogP contribution in [0.2, 0.25) is 0 Å². The average Bonchev–Trinajstić information content (AvgIpc) is 2.74. The van der Waals surface area contributed by atoms with E-state index < -0.39 is 44.1 Å². The number of sulfonamides is 1. The second-order valence-corrected chi connectivity index (χ2v) is 9.72. The molecule has 13 heteroatoms. The Labute approximate surface area is 185 Å². The molecule has 1 fully saturated rings. The van der Waals surface area contributed by atoms with Crippen LogP contribution >= 0.6 is 0 Å². The van der Waals surface area contributed by atoms with Crippen LogP contribution in [0.5, 0.6) is 0 Å². The second kappa shape index (κ2) is 7.90. The molecule has 3 heterocycles. The Balaban J connectivity index is 1.63. The minimum Gasteiger partial charge on any atom is -0.474 e. The number of carbonyl (C=O) groups is 2. The lowest BCUT2D eigenvalue weighted by Crippen LogP contribution is -2.51. The summed E-state index contributed by atoms with van der Waals surface area (Å²) >= 11 is 0. The van der Waals surface area contributed by atoms with Crippen molar-refractivity contribution in [2.45, 2.75) is 30.0 Å². The van der Waals surface area contributed by atoms with Gasteiger partial charge in [0.1, 0.15) is 5.69 Å². The van der Waals surface area contributed by atoms with E-state index in [-0.39, 0.29) is 37.2 Å². The predicted molar refractivity (Wildman–Crippen MR) is 108 cm³/mol. The summed E-state index contributed by atoms with van der Waals surface area (Å²) in [5.41, 5.74) is -1.60. The number of hydrogen-bond acceptors (Lipinski definition) is 5. The summed E-state index contributed by atoms with van der Waals surface area (Å²) in [5, 5.41) is 8.96. The zero-order valence-corrected chi connectivity index (χ0v) is 17.7. The molecule has 0 saturated carbocycles. The molecule has 0 radical (unpaired) electrons. The number of hydrogen-bond donors (Lipinski definition) is 2. The molecular formula is C20H18F3N3O6S. The van der Waals surface area contributed by atoms with E-state index in [9.17, 15) is 36.0 Å². The normalized spacial score (nSPS) is 20.2. The molecule has 33 heavy (non-hydrogen) atoms. The number of amides is 1. The summed E-state index contributed by atoms with van der Waals surface area (Å²) in [4.78, 5) is 36.4. The molecule has 2 bridgehead atoms. The van der Waals surface area contributed by atoms with E-state index in [1.165, 1.54) is 21.6 Å². The van der Waals surface area contributed by atoms with Gasteiger partial charge in [-0.1, -0.05) is 6.07 Å². The number of aliphatic carboxylic acids is 1. The van der Waals surface area contributed by atoms with Gasteiger partial charge in [0.25, 0.3) is 15.6 Å². The van der Waals surface area contributed by atoms with Crippen molar-refractivity contribution in [3.05, 3.63) is 58.0 Å². The first-order valence-corrected chi connectivity index (χ1v) is 11.3. The van der Waals surface area contributed by atoms with Crippen LogP contribution in [0.15, 0.2) is 46.1 Å². The number of alkyl halides is 3. The quantitative estimate of drug-likeness (QED) is 0.638. The van der Waals surface area contributed by atoms with Gasteiger partial charge in [-0.2, -0.15) is 13.2 Å². The monoisotopic (exact) mass is 485 g/mol. The maximum absolute atomic E-state index is 13.0. The number of likely N-dealkylation sites (tertiary alicyclic amines) is 1. The van der Waals surface area contributed by atoms with E-state index >= 15 is 0 Å². The molecule has 9 nitrogen and oxygen atoms in total. The molecule has 2 aliphatic rings. The molecular weight excluding hydrogens is 467 g/mol. The van der Waals surface area contributed by atoms with Crippen LogP contribution in [0.3, 0.4) is 0 Å². The van der Waals surface area contributed by atoms with E-state index in [1.807, 2.05) is 0 Å². The number of carbonyl (C=O) groups excluding carboxylic acids is 1. The van der Waals surface area contributed by atoms with Crippen molar-refractivity contribution in [3.63, 3.8) is 0 Å². The van der Waals surface area contributed by atoms with Crippen LogP contribution in [0.1, 0.15) is 23.6 Å². The van der Waals surface area contributed by atoms with Crippen molar-refractivity contribution >= 4 is 27.6 Å². The highest BCUT2D eigenvalue weighted by molar-refractivity contribution is 7.92. The number of pyridine rings is 1. The first-order valence-electron chi connectivity index (χ1n) is 9.83. The van der Waals surface area contributed by atoms with Crippen molar-refractivity contribution in [1.82, 2.24) is 9.47 Å². The van der Waals surface area contributed by atoms with Gasteiger partial charge in [-0.3, -0.25) is 14.3 Å². The van der Waals surface area contributed by atoms with Gasteiger partial charge in [-0.25, -0.2) is 13.2 Å². The summed E-state index contributed by atoms with van der Waals surface area (Å²) in [5.74, 6) is -3.09. The number of fused-ring (bicyclic) bond motifs is 4. The Morgan fingerprint density at radius 3 is 2.48 bits per heavy atom. The Hall–Kier alpha value is -3.35. The van der Waals surface area contributed by atoms with Gasteiger partial charge in [0.2, 0.25) is 0 Å². The van der Waals surface area contributed by atoms with Crippen LogP contribution in [-0.2, 0) is 32.3 Å². The molecule has 2 aliphatic heterocycles. The minimum atomic E-state index is -4.73. The Kier molecular flexibility index (Phi) is 5.47. The van der Waals surface area contributed by atoms with Crippen molar-refractivity contribution in [2.75, 3.05) is 17.8 Å². The number of benzene rings is 1. The number of carboxylic acids is 1. The SMILES string of the molecule is O=C(O)C(=O)N1CC2CC(C1)c1ccc(NS(=O)(=O)c3cccc(C(F)(F)F)c3)c(=O)n1C2. The van der Waals surface area contributed by atoms with Crippen molar-refractivity contribution in [3.8, 4) is 0 Å². The van der Waals surface area contributed by atoms with Crippen LogP contribution < -0.4 is 10.3 Å². The van der Waals surface area contributed by atoms with Crippen LogP contribution in [-0.4, -0.2) is 48.0 Å². The fourth-order valence-corrected chi connectivity index (χ4v) is 5.47. The summed E-state index contributed by atoms with van der Waals surface area (Å²) in [6, 6.07) is 5.90. The third-order valence-electron chi connectivity index (χ3n) is 5.79. The Bertz CT molecular complexity index is 1300. The van der Waals surface area contributed by atoms with Gasteiger partial charge in [-0.05, 0) is 42.7 Å². The fourth-order valence-electron chi connectivity index (χ4n) is 4.37. The fraction of sp³-hybridized carbons (Fsp3) is 0.350. The summed E-state index contributed by atoms with van der Waals surface area (Å²) < 4.78 is 67.6. The van der Waals surface area contributed by atoms with E-state index in [0.717, 1.165) is 18.2 Å². The molecule has 4 rings (SSSR count). The van der Waals surface area contributed by atoms with Gasteiger partial charge in [-0.15, -0.1) is 0 Å². The smallest absolute Gasteiger partial charge is 0.416 e. The number of halogens is 3. The molecule has 1 saturated heterocycles. The first kappa shape index (κ1) is 22.8. The van der Waals surface area contributed by atoms with Crippen LogP contribution in [0, 0.1) is 5.92 Å². The zero-order chi connectivity index (χ0) is 24.1. The number of piperidine rings is 1. The second-order valence-electron chi connectivity index (χ2n) is 8.03. The van der Waals surface area contributed by atoms with Crippen LogP contribution in [0.4, 0.5) is 18.9 Å². The molecule has 0 spiro atoms. The first-order chi connectivity index (χ1) is 15.4. The minimum absolute atomic E-state index is 0.108. The van der Waals surface area contributed by atoms with E-state index in [1.54, 1.807) is 0 Å². The number of nitrogens with one attached hydrogen (secondary N) is 1. The summed E-state index contributed by atoms with van der Waals surface area (Å²) in [6.45, 7) is 0.400. The van der Waals surface area contributed by atoms with Gasteiger partial charge in [0.05, 0.1) is 10.5 Å². The molecule has 1 aromatic carbocycles. The molecule has 2 unspecified atom stereocenters. The number of rotatable bonds is 3. The van der Waals surface area contributed by atoms with E-state index in [2.05, 4.69) is 4.72 Å². The largest absolute Gasteiger partial charge is 0.474 e. The van der Waals surface area contributed by atoms with E-state index in [0.29, 0.717) is 18.2 Å². The summed E-state index contributed by atoms with van der Waals surface area (Å²) in [7, 11) is -4.47.